The number of pyridine rings is 1. The average molecular weight is 365 g/mol. The monoisotopic (exact) mass is 364 g/mol. The van der Waals surface area contributed by atoms with Gasteiger partial charge >= 0.3 is 0 Å². The van der Waals surface area contributed by atoms with Crippen LogP contribution in [-0.2, 0) is 0 Å². The van der Waals surface area contributed by atoms with Crippen LogP contribution in [0.4, 0.5) is 0 Å². The molecule has 0 aliphatic rings. The molecule has 1 heteroatoms. The van der Waals surface area contributed by atoms with E-state index in [4.69, 9.17) is 0 Å². The fraction of sp³-hybridized carbons (Fsp3) is 0.148. The molecule has 0 amide bonds. The molecule has 0 bridgehead atoms. The van der Waals surface area contributed by atoms with E-state index in [2.05, 4.69) is 122 Å². The van der Waals surface area contributed by atoms with Crippen LogP contribution in [0.15, 0.2) is 103 Å². The van der Waals surface area contributed by atoms with Gasteiger partial charge in [-0.1, -0.05) is 73.7 Å². The van der Waals surface area contributed by atoms with Crippen molar-refractivity contribution in [3.05, 3.63) is 103 Å². The number of hydrogen-bond donors (Lipinski definition) is 0. The lowest BCUT2D eigenvalue weighted by Gasteiger charge is -2.16. The Labute approximate surface area is 167 Å². The van der Waals surface area contributed by atoms with Gasteiger partial charge in [0.05, 0.1) is 0 Å². The van der Waals surface area contributed by atoms with E-state index >= 15 is 0 Å². The van der Waals surface area contributed by atoms with Gasteiger partial charge in [0, 0.05) is 29.7 Å². The fourth-order valence-electron chi connectivity index (χ4n) is 3.72. The largest absolute Gasteiger partial charge is 0.213 e. The number of aromatic nitrogens is 1. The highest BCUT2D eigenvalue weighted by Gasteiger charge is 2.26. The van der Waals surface area contributed by atoms with Gasteiger partial charge in [-0.05, 0) is 42.3 Å². The molecule has 0 aliphatic carbocycles. The Kier molecular flexibility index (Phi) is 5.34. The molecule has 0 aliphatic heterocycles. The summed E-state index contributed by atoms with van der Waals surface area (Å²) >= 11 is 0. The highest BCUT2D eigenvalue weighted by Crippen LogP contribution is 2.30. The zero-order chi connectivity index (χ0) is 19.3. The maximum Gasteiger partial charge on any atom is 0.213 e. The van der Waals surface area contributed by atoms with Crippen LogP contribution in [0.1, 0.15) is 26.3 Å². The Morgan fingerprint density at radius 2 is 0.964 bits per heavy atom. The predicted octanol–water partition coefficient (Wildman–Crippen LogP) is 6.95. The van der Waals surface area contributed by atoms with Gasteiger partial charge in [0.2, 0.25) is 11.4 Å². The molecule has 1 heterocycles. The third kappa shape index (κ3) is 3.61. The second-order valence-corrected chi connectivity index (χ2v) is 7.24. The quantitative estimate of drug-likeness (QED) is 0.337. The first kappa shape index (κ1) is 18.2. The van der Waals surface area contributed by atoms with E-state index in [1.165, 1.54) is 33.6 Å². The van der Waals surface area contributed by atoms with Gasteiger partial charge in [-0.15, -0.1) is 0 Å². The normalized spacial score (nSPS) is 11.9. The van der Waals surface area contributed by atoms with E-state index in [9.17, 15) is 0 Å². The van der Waals surface area contributed by atoms with Gasteiger partial charge in [0.15, 0.2) is 6.04 Å². The lowest BCUT2D eigenvalue weighted by Crippen LogP contribution is -2.42. The summed E-state index contributed by atoms with van der Waals surface area (Å²) in [7, 11) is 0. The van der Waals surface area contributed by atoms with Gasteiger partial charge in [0.25, 0.3) is 0 Å². The molecule has 3 aromatic carbocycles. The molecule has 1 nitrogen and oxygen atoms in total. The van der Waals surface area contributed by atoms with Crippen molar-refractivity contribution in [2.24, 2.45) is 0 Å². The standard InChI is InChI=1S/C27H26N/c1-3-21(2)28-26(23-15-9-5-10-16-23)19-25(22-13-7-4-8-14-22)20-27(28)24-17-11-6-12-18-24/h4-21H,3H2,1-2H3/q+1/t21-/m1/s1. The Balaban J connectivity index is 2.05. The van der Waals surface area contributed by atoms with Crippen LogP contribution in [-0.4, -0.2) is 0 Å². The van der Waals surface area contributed by atoms with Crippen molar-refractivity contribution in [2.75, 3.05) is 0 Å². The van der Waals surface area contributed by atoms with Crippen molar-refractivity contribution in [3.63, 3.8) is 0 Å². The Morgan fingerprint density at radius 1 is 0.571 bits per heavy atom. The average Bonchev–Trinajstić information content (AvgIpc) is 2.79. The molecule has 1 atom stereocenters. The summed E-state index contributed by atoms with van der Waals surface area (Å²) in [4.78, 5) is 0. The zero-order valence-electron chi connectivity index (χ0n) is 16.5. The Bertz CT molecular complexity index is 977. The van der Waals surface area contributed by atoms with Gasteiger partial charge in [-0.2, -0.15) is 4.57 Å². The number of hydrogen-bond acceptors (Lipinski definition) is 0. The second-order valence-electron chi connectivity index (χ2n) is 7.24. The molecule has 0 unspecified atom stereocenters. The summed E-state index contributed by atoms with van der Waals surface area (Å²) < 4.78 is 2.50. The highest BCUT2D eigenvalue weighted by atomic mass is 15.0. The van der Waals surface area contributed by atoms with Crippen LogP contribution < -0.4 is 4.57 Å². The van der Waals surface area contributed by atoms with E-state index in [0.29, 0.717) is 6.04 Å². The van der Waals surface area contributed by atoms with E-state index in [0.717, 1.165) is 6.42 Å². The molecule has 0 radical (unpaired) electrons. The molecular formula is C27H26N+. The van der Waals surface area contributed by atoms with Gasteiger partial charge in [0.1, 0.15) is 0 Å². The van der Waals surface area contributed by atoms with Crippen LogP contribution in [0.5, 0.6) is 0 Å². The Hall–Kier alpha value is -3.19. The van der Waals surface area contributed by atoms with Crippen LogP contribution in [0.25, 0.3) is 33.6 Å². The molecule has 0 N–H and O–H groups in total. The topological polar surface area (TPSA) is 3.88 Å². The summed E-state index contributed by atoms with van der Waals surface area (Å²) in [6, 6.07) is 37.2. The maximum absolute atomic E-state index is 2.50. The van der Waals surface area contributed by atoms with Crippen molar-refractivity contribution in [2.45, 2.75) is 26.3 Å². The lowest BCUT2D eigenvalue weighted by molar-refractivity contribution is -0.699. The van der Waals surface area contributed by atoms with E-state index in [1.807, 2.05) is 0 Å². The van der Waals surface area contributed by atoms with Crippen molar-refractivity contribution < 1.29 is 4.57 Å². The molecule has 28 heavy (non-hydrogen) atoms. The minimum atomic E-state index is 0.398. The first-order valence-corrected chi connectivity index (χ1v) is 10.0. The van der Waals surface area contributed by atoms with Gasteiger partial charge < -0.3 is 0 Å². The first-order valence-electron chi connectivity index (χ1n) is 10.0. The van der Waals surface area contributed by atoms with Crippen LogP contribution in [0.3, 0.4) is 0 Å². The molecule has 4 rings (SSSR count). The molecule has 0 fully saturated rings. The van der Waals surface area contributed by atoms with Crippen LogP contribution in [0, 0.1) is 0 Å². The summed E-state index contributed by atoms with van der Waals surface area (Å²) in [5.41, 5.74) is 7.51. The van der Waals surface area contributed by atoms with Crippen molar-refractivity contribution >= 4 is 0 Å². The zero-order valence-corrected chi connectivity index (χ0v) is 16.5. The van der Waals surface area contributed by atoms with Crippen LogP contribution in [0.2, 0.25) is 0 Å². The molecule has 1 aromatic heterocycles. The van der Waals surface area contributed by atoms with E-state index < -0.39 is 0 Å². The molecule has 138 valence electrons. The smallest absolute Gasteiger partial charge is 0.189 e. The summed E-state index contributed by atoms with van der Waals surface area (Å²) in [6.45, 7) is 4.56. The van der Waals surface area contributed by atoms with Crippen molar-refractivity contribution in [1.29, 1.82) is 0 Å². The number of benzene rings is 3. The molecule has 4 aromatic rings. The van der Waals surface area contributed by atoms with Crippen molar-refractivity contribution in [1.82, 2.24) is 0 Å². The predicted molar refractivity (Wildman–Crippen MR) is 118 cm³/mol. The van der Waals surface area contributed by atoms with Gasteiger partial charge in [-0.3, -0.25) is 0 Å². The minimum Gasteiger partial charge on any atom is -0.189 e. The molecule has 0 spiro atoms. The third-order valence-corrected chi connectivity index (χ3v) is 5.38. The molecule has 0 saturated heterocycles. The van der Waals surface area contributed by atoms with Crippen molar-refractivity contribution in [3.8, 4) is 33.6 Å². The highest BCUT2D eigenvalue weighted by molar-refractivity contribution is 5.73. The van der Waals surface area contributed by atoms with Gasteiger partial charge in [-0.25, -0.2) is 0 Å². The molecular weight excluding hydrogens is 338 g/mol. The minimum absolute atomic E-state index is 0.398. The molecule has 0 saturated carbocycles. The van der Waals surface area contributed by atoms with Crippen LogP contribution >= 0.6 is 0 Å². The SMILES string of the molecule is CC[C@@H](C)[n+]1c(-c2ccccc2)cc(-c2ccccc2)cc1-c1ccccc1. The summed E-state index contributed by atoms with van der Waals surface area (Å²) in [5.74, 6) is 0. The maximum atomic E-state index is 2.50. The second kappa shape index (κ2) is 8.22. The summed E-state index contributed by atoms with van der Waals surface area (Å²) in [6.07, 6.45) is 1.08. The first-order chi connectivity index (χ1) is 13.8. The summed E-state index contributed by atoms with van der Waals surface area (Å²) in [5, 5.41) is 0. The Morgan fingerprint density at radius 3 is 1.36 bits per heavy atom. The van der Waals surface area contributed by atoms with E-state index in [-0.39, 0.29) is 0 Å². The lowest BCUT2D eigenvalue weighted by atomic mass is 9.98. The fourth-order valence-corrected chi connectivity index (χ4v) is 3.72. The van der Waals surface area contributed by atoms with E-state index in [1.54, 1.807) is 0 Å². The number of nitrogens with zero attached hydrogens (tertiary/aromatic N) is 1. The third-order valence-electron chi connectivity index (χ3n) is 5.38. The number of rotatable bonds is 5.